The average molecular weight is 271 g/mol. The number of aromatic hydroxyl groups is 1. The number of methoxy groups -OCH3 is 1. The second-order valence-electron chi connectivity index (χ2n) is 4.94. The number of fused-ring (bicyclic) bond motifs is 1. The Morgan fingerprint density at radius 3 is 2.65 bits per heavy atom. The Bertz CT molecular complexity index is 610. The molecule has 0 spiro atoms. The third kappa shape index (κ3) is 2.30. The van der Waals surface area contributed by atoms with Gasteiger partial charge in [-0.15, -0.1) is 0 Å². The van der Waals surface area contributed by atoms with Crippen LogP contribution in [-0.2, 0) is 0 Å². The molecule has 4 nitrogen and oxygen atoms in total. The quantitative estimate of drug-likeness (QED) is 0.881. The van der Waals surface area contributed by atoms with E-state index in [1.54, 1.807) is 19.2 Å². The molecule has 0 radical (unpaired) electrons. The van der Waals surface area contributed by atoms with Crippen LogP contribution in [0.25, 0.3) is 0 Å². The molecule has 2 atom stereocenters. The first-order valence-corrected chi connectivity index (χ1v) is 6.56. The molecule has 0 aliphatic carbocycles. The van der Waals surface area contributed by atoms with Gasteiger partial charge in [0.15, 0.2) is 0 Å². The van der Waals surface area contributed by atoms with Crippen molar-refractivity contribution in [3.8, 4) is 17.2 Å². The van der Waals surface area contributed by atoms with Gasteiger partial charge >= 0.3 is 0 Å². The predicted octanol–water partition coefficient (Wildman–Crippen LogP) is 2.92. The zero-order valence-corrected chi connectivity index (χ0v) is 11.2. The summed E-state index contributed by atoms with van der Waals surface area (Å²) in [6.07, 6.45) is 0.608. The van der Waals surface area contributed by atoms with Crippen LogP contribution in [0.5, 0.6) is 17.2 Å². The number of phenolic OH excluding ortho intramolecular Hbond substituents is 1. The van der Waals surface area contributed by atoms with Gasteiger partial charge in [0.05, 0.1) is 7.11 Å². The van der Waals surface area contributed by atoms with Crippen molar-refractivity contribution in [2.75, 3.05) is 7.11 Å². The highest BCUT2D eigenvalue weighted by Gasteiger charge is 2.27. The lowest BCUT2D eigenvalue weighted by Crippen LogP contribution is -2.24. The highest BCUT2D eigenvalue weighted by Crippen LogP contribution is 2.41. The molecule has 3 rings (SSSR count). The van der Waals surface area contributed by atoms with E-state index in [9.17, 15) is 5.11 Å². The average Bonchev–Trinajstić information content (AvgIpc) is 2.47. The van der Waals surface area contributed by atoms with Crippen LogP contribution in [0, 0.1) is 0 Å². The fraction of sp³-hybridized carbons (Fsp3) is 0.250. The number of rotatable bonds is 2. The second-order valence-corrected chi connectivity index (χ2v) is 4.94. The van der Waals surface area contributed by atoms with Crippen molar-refractivity contribution in [2.24, 2.45) is 5.73 Å². The molecular weight excluding hydrogens is 254 g/mol. The molecule has 0 saturated carbocycles. The Kier molecular flexibility index (Phi) is 3.24. The van der Waals surface area contributed by atoms with E-state index in [4.69, 9.17) is 15.2 Å². The molecule has 1 unspecified atom stereocenters. The number of ether oxygens (including phenoxy) is 2. The van der Waals surface area contributed by atoms with Gasteiger partial charge in [-0.2, -0.15) is 0 Å². The van der Waals surface area contributed by atoms with Crippen LogP contribution in [0.2, 0.25) is 0 Å². The van der Waals surface area contributed by atoms with Gasteiger partial charge < -0.3 is 20.3 Å². The van der Waals surface area contributed by atoms with Gasteiger partial charge in [0.1, 0.15) is 23.4 Å². The van der Waals surface area contributed by atoms with Gasteiger partial charge in [-0.05, 0) is 35.9 Å². The molecule has 1 heterocycles. The molecule has 2 aromatic rings. The molecule has 0 amide bonds. The fourth-order valence-corrected chi connectivity index (χ4v) is 2.50. The van der Waals surface area contributed by atoms with E-state index in [-0.39, 0.29) is 17.9 Å². The van der Waals surface area contributed by atoms with Gasteiger partial charge in [0, 0.05) is 18.0 Å². The second kappa shape index (κ2) is 5.06. The lowest BCUT2D eigenvalue weighted by Gasteiger charge is -2.30. The summed E-state index contributed by atoms with van der Waals surface area (Å²) in [5, 5.41) is 9.34. The number of phenols is 1. The summed E-state index contributed by atoms with van der Waals surface area (Å²) in [6, 6.07) is 12.6. The van der Waals surface area contributed by atoms with Crippen molar-refractivity contribution in [2.45, 2.75) is 18.6 Å². The van der Waals surface area contributed by atoms with Crippen molar-refractivity contribution < 1.29 is 14.6 Å². The molecule has 0 bridgehead atoms. The molecule has 20 heavy (non-hydrogen) atoms. The Morgan fingerprint density at radius 1 is 1.20 bits per heavy atom. The molecule has 1 aliphatic heterocycles. The maximum atomic E-state index is 9.34. The van der Waals surface area contributed by atoms with E-state index >= 15 is 0 Å². The van der Waals surface area contributed by atoms with Gasteiger partial charge in [0.2, 0.25) is 0 Å². The zero-order chi connectivity index (χ0) is 14.1. The maximum absolute atomic E-state index is 9.34. The van der Waals surface area contributed by atoms with Crippen LogP contribution >= 0.6 is 0 Å². The molecule has 0 aromatic heterocycles. The topological polar surface area (TPSA) is 64.7 Å². The van der Waals surface area contributed by atoms with E-state index < -0.39 is 0 Å². The molecule has 104 valence electrons. The first kappa shape index (κ1) is 12.8. The minimum absolute atomic E-state index is 0.0901. The van der Waals surface area contributed by atoms with E-state index in [2.05, 4.69) is 0 Å². The summed E-state index contributed by atoms with van der Waals surface area (Å²) in [6.45, 7) is 0. The summed E-state index contributed by atoms with van der Waals surface area (Å²) in [5.41, 5.74) is 8.23. The van der Waals surface area contributed by atoms with Gasteiger partial charge in [0.25, 0.3) is 0 Å². The number of hydrogen-bond donors (Lipinski definition) is 2. The Hall–Kier alpha value is -2.20. The maximum Gasteiger partial charge on any atom is 0.126 e. The van der Waals surface area contributed by atoms with Crippen LogP contribution in [0.4, 0.5) is 0 Å². The van der Waals surface area contributed by atoms with Crippen molar-refractivity contribution in [3.63, 3.8) is 0 Å². The molecule has 2 aromatic carbocycles. The lowest BCUT2D eigenvalue weighted by molar-refractivity contribution is 0.161. The summed E-state index contributed by atoms with van der Waals surface area (Å²) in [5.74, 6) is 1.83. The third-order valence-corrected chi connectivity index (χ3v) is 3.62. The van der Waals surface area contributed by atoms with Gasteiger partial charge in [-0.1, -0.05) is 12.1 Å². The molecule has 4 heteroatoms. The highest BCUT2D eigenvalue weighted by molar-refractivity contribution is 5.44. The molecule has 1 aliphatic rings. The molecule has 0 fully saturated rings. The van der Waals surface area contributed by atoms with Crippen LogP contribution in [0.1, 0.15) is 29.7 Å². The van der Waals surface area contributed by atoms with Crippen molar-refractivity contribution in [3.05, 3.63) is 53.6 Å². The van der Waals surface area contributed by atoms with Crippen molar-refractivity contribution >= 4 is 0 Å². The smallest absolute Gasteiger partial charge is 0.126 e. The number of nitrogens with two attached hydrogens (primary N) is 1. The summed E-state index contributed by atoms with van der Waals surface area (Å²) in [4.78, 5) is 0. The minimum Gasteiger partial charge on any atom is -0.508 e. The van der Waals surface area contributed by atoms with E-state index in [1.165, 1.54) is 0 Å². The molecule has 3 N–H and O–H groups in total. The minimum atomic E-state index is -0.0912. The SMILES string of the molecule is COc1ccc2c(c1)[C@H](N)CC(c1ccc(O)cc1)O2. The highest BCUT2D eigenvalue weighted by atomic mass is 16.5. The van der Waals surface area contributed by atoms with E-state index in [1.807, 2.05) is 30.3 Å². The van der Waals surface area contributed by atoms with Crippen LogP contribution in [-0.4, -0.2) is 12.2 Å². The fourth-order valence-electron chi connectivity index (χ4n) is 2.50. The number of hydrogen-bond acceptors (Lipinski definition) is 4. The molecule has 0 saturated heterocycles. The van der Waals surface area contributed by atoms with E-state index in [0.29, 0.717) is 6.42 Å². The summed E-state index contributed by atoms with van der Waals surface area (Å²) in [7, 11) is 1.64. The lowest BCUT2D eigenvalue weighted by atomic mass is 9.93. The van der Waals surface area contributed by atoms with Crippen LogP contribution in [0.15, 0.2) is 42.5 Å². The summed E-state index contributed by atoms with van der Waals surface area (Å²) >= 11 is 0. The third-order valence-electron chi connectivity index (χ3n) is 3.62. The largest absolute Gasteiger partial charge is 0.508 e. The van der Waals surface area contributed by atoms with Gasteiger partial charge in [-0.25, -0.2) is 0 Å². The Labute approximate surface area is 117 Å². The van der Waals surface area contributed by atoms with E-state index in [0.717, 1.165) is 22.6 Å². The molecular formula is C16H17NO3. The first-order valence-electron chi connectivity index (χ1n) is 6.56. The zero-order valence-electron chi connectivity index (χ0n) is 11.2. The van der Waals surface area contributed by atoms with Crippen LogP contribution < -0.4 is 15.2 Å². The first-order chi connectivity index (χ1) is 9.67. The van der Waals surface area contributed by atoms with Crippen molar-refractivity contribution in [1.82, 2.24) is 0 Å². The monoisotopic (exact) mass is 271 g/mol. The summed E-state index contributed by atoms with van der Waals surface area (Å²) < 4.78 is 11.2. The Morgan fingerprint density at radius 2 is 1.95 bits per heavy atom. The normalized spacial score (nSPS) is 20.9. The predicted molar refractivity (Wildman–Crippen MR) is 76.0 cm³/mol. The standard InChI is InChI=1S/C16H17NO3/c1-19-12-6-7-15-13(8-12)14(17)9-16(20-15)10-2-4-11(18)5-3-10/h2-8,14,16,18H,9,17H2,1H3/t14-,16?/m1/s1. The number of benzene rings is 2. The Balaban J connectivity index is 1.90. The van der Waals surface area contributed by atoms with Gasteiger partial charge in [-0.3, -0.25) is 0 Å². The van der Waals surface area contributed by atoms with Crippen LogP contribution in [0.3, 0.4) is 0 Å². The van der Waals surface area contributed by atoms with Crippen molar-refractivity contribution in [1.29, 1.82) is 0 Å².